The van der Waals surface area contributed by atoms with E-state index in [0.29, 0.717) is 43.1 Å². The quantitative estimate of drug-likeness (QED) is 0.687. The molecule has 0 radical (unpaired) electrons. The number of hydrogen-bond donors (Lipinski definition) is 0. The summed E-state index contributed by atoms with van der Waals surface area (Å²) in [6.45, 7) is 2.56. The Morgan fingerprint density at radius 2 is 2.07 bits per heavy atom. The van der Waals surface area contributed by atoms with Crippen molar-refractivity contribution in [3.8, 4) is 5.75 Å². The molecule has 4 rings (SSSR count). The number of hydrogen-bond acceptors (Lipinski definition) is 7. The number of amides is 1. The molecule has 2 aromatic rings. The lowest BCUT2D eigenvalue weighted by Crippen LogP contribution is -2.51. The number of aromatic nitrogens is 2. The second-order valence-corrected chi connectivity index (χ2v) is 8.11. The van der Waals surface area contributed by atoms with E-state index in [2.05, 4.69) is 10.1 Å². The molecule has 0 saturated carbocycles. The smallest absolute Gasteiger partial charge is 0.260 e. The van der Waals surface area contributed by atoms with E-state index in [-0.39, 0.29) is 18.1 Å². The van der Waals surface area contributed by atoms with Crippen molar-refractivity contribution >= 4 is 5.91 Å². The summed E-state index contributed by atoms with van der Waals surface area (Å²) in [5.41, 5.74) is -0.157. The number of rotatable bonds is 7. The van der Waals surface area contributed by atoms with Crippen LogP contribution in [0.15, 0.2) is 34.9 Å². The molecule has 0 aliphatic carbocycles. The maximum absolute atomic E-state index is 12.5. The van der Waals surface area contributed by atoms with Crippen molar-refractivity contribution in [1.82, 2.24) is 15.0 Å². The van der Waals surface area contributed by atoms with E-state index in [1.165, 1.54) is 0 Å². The molecule has 1 amide bonds. The van der Waals surface area contributed by atoms with Crippen molar-refractivity contribution in [2.45, 2.75) is 44.3 Å². The standard InChI is InChI=1S/C22H29N3O5/c1-27-15-19-23-20(30-24-19)13-17-7-12-29-22(14-17)8-10-25(11-9-22)21(26)16-28-18-5-3-2-4-6-18/h2-6,17H,7-16H2,1H3. The predicted molar refractivity (Wildman–Crippen MR) is 108 cm³/mol. The zero-order valence-corrected chi connectivity index (χ0v) is 17.4. The molecule has 2 aliphatic rings. The van der Waals surface area contributed by atoms with Gasteiger partial charge in [0.25, 0.3) is 5.91 Å². The SMILES string of the molecule is COCc1noc(CC2CCOC3(CCN(C(=O)COc4ccccc4)CC3)C2)n1. The Bertz CT molecular complexity index is 817. The topological polar surface area (TPSA) is 86.9 Å². The van der Waals surface area contributed by atoms with Crippen LogP contribution in [0.25, 0.3) is 0 Å². The molecule has 3 heterocycles. The summed E-state index contributed by atoms with van der Waals surface area (Å²) in [4.78, 5) is 18.8. The van der Waals surface area contributed by atoms with Gasteiger partial charge in [-0.2, -0.15) is 4.98 Å². The van der Waals surface area contributed by atoms with Crippen LogP contribution in [-0.4, -0.2) is 60.0 Å². The van der Waals surface area contributed by atoms with Gasteiger partial charge in [-0.05, 0) is 43.7 Å². The third-order valence-corrected chi connectivity index (χ3v) is 5.97. The molecule has 2 fully saturated rings. The van der Waals surface area contributed by atoms with Gasteiger partial charge in [-0.15, -0.1) is 0 Å². The van der Waals surface area contributed by atoms with Crippen molar-refractivity contribution in [1.29, 1.82) is 0 Å². The number of benzene rings is 1. The van der Waals surface area contributed by atoms with Crippen molar-refractivity contribution in [2.75, 3.05) is 33.4 Å². The lowest BCUT2D eigenvalue weighted by Gasteiger charge is -2.46. The molecule has 1 spiro atoms. The number of piperidine rings is 1. The van der Waals surface area contributed by atoms with Gasteiger partial charge in [0.05, 0.1) is 5.60 Å². The Labute approximate surface area is 176 Å². The first-order valence-electron chi connectivity index (χ1n) is 10.6. The highest BCUT2D eigenvalue weighted by atomic mass is 16.5. The van der Waals surface area contributed by atoms with Crippen LogP contribution in [-0.2, 0) is 27.3 Å². The largest absolute Gasteiger partial charge is 0.484 e. The van der Waals surface area contributed by atoms with Gasteiger partial charge in [0.1, 0.15) is 12.4 Å². The van der Waals surface area contributed by atoms with Gasteiger partial charge in [0.15, 0.2) is 12.4 Å². The molecule has 8 nitrogen and oxygen atoms in total. The Morgan fingerprint density at radius 3 is 2.83 bits per heavy atom. The molecule has 1 unspecified atom stereocenters. The molecular formula is C22H29N3O5. The number of nitrogens with zero attached hydrogens (tertiary/aromatic N) is 3. The van der Waals surface area contributed by atoms with Crippen molar-refractivity contribution < 1.29 is 23.5 Å². The Balaban J connectivity index is 1.26. The van der Waals surface area contributed by atoms with E-state index < -0.39 is 0 Å². The highest BCUT2D eigenvalue weighted by Gasteiger charge is 2.41. The summed E-state index contributed by atoms with van der Waals surface area (Å²) in [5.74, 6) is 2.43. The number of likely N-dealkylation sites (tertiary alicyclic amines) is 1. The highest BCUT2D eigenvalue weighted by Crippen LogP contribution is 2.38. The van der Waals surface area contributed by atoms with Gasteiger partial charge >= 0.3 is 0 Å². The van der Waals surface area contributed by atoms with Crippen LogP contribution in [0, 0.1) is 5.92 Å². The first kappa shape index (κ1) is 20.8. The highest BCUT2D eigenvalue weighted by molar-refractivity contribution is 5.77. The lowest BCUT2D eigenvalue weighted by molar-refractivity contribution is -0.148. The molecule has 1 aromatic heterocycles. The van der Waals surface area contributed by atoms with E-state index in [4.69, 9.17) is 18.7 Å². The fraction of sp³-hybridized carbons (Fsp3) is 0.591. The molecule has 2 saturated heterocycles. The molecule has 0 N–H and O–H groups in total. The fourth-order valence-corrected chi connectivity index (χ4v) is 4.38. The summed E-state index contributed by atoms with van der Waals surface area (Å²) < 4.78 is 22.2. The Morgan fingerprint density at radius 1 is 1.27 bits per heavy atom. The van der Waals surface area contributed by atoms with Crippen LogP contribution in [0.1, 0.15) is 37.4 Å². The van der Waals surface area contributed by atoms with Crippen LogP contribution < -0.4 is 4.74 Å². The van der Waals surface area contributed by atoms with Crippen LogP contribution in [0.4, 0.5) is 0 Å². The number of para-hydroxylation sites is 1. The van der Waals surface area contributed by atoms with Crippen molar-refractivity contribution in [2.24, 2.45) is 5.92 Å². The monoisotopic (exact) mass is 415 g/mol. The summed E-state index contributed by atoms with van der Waals surface area (Å²) in [7, 11) is 1.61. The number of ether oxygens (including phenoxy) is 3. The van der Waals surface area contributed by atoms with Crippen LogP contribution in [0.5, 0.6) is 5.75 Å². The fourth-order valence-electron chi connectivity index (χ4n) is 4.38. The Kier molecular flexibility index (Phi) is 6.64. The average Bonchev–Trinajstić information content (AvgIpc) is 3.20. The number of carbonyl (C=O) groups excluding carboxylic acids is 1. The minimum absolute atomic E-state index is 0.0256. The van der Waals surface area contributed by atoms with Crippen LogP contribution in [0.2, 0.25) is 0 Å². The van der Waals surface area contributed by atoms with Crippen molar-refractivity contribution in [3.63, 3.8) is 0 Å². The number of methoxy groups -OCH3 is 1. The zero-order chi connectivity index (χ0) is 20.8. The van der Waals surface area contributed by atoms with Crippen LogP contribution >= 0.6 is 0 Å². The summed E-state index contributed by atoms with van der Waals surface area (Å²) in [5, 5.41) is 3.95. The molecule has 8 heteroatoms. The third-order valence-electron chi connectivity index (χ3n) is 5.97. The summed E-state index contributed by atoms with van der Waals surface area (Å²) >= 11 is 0. The molecule has 0 bridgehead atoms. The average molecular weight is 415 g/mol. The molecule has 162 valence electrons. The molecule has 1 aromatic carbocycles. The molecule has 30 heavy (non-hydrogen) atoms. The first-order chi connectivity index (χ1) is 14.7. The maximum atomic E-state index is 12.5. The van der Waals surface area contributed by atoms with E-state index in [9.17, 15) is 4.79 Å². The van der Waals surface area contributed by atoms with E-state index in [1.54, 1.807) is 7.11 Å². The summed E-state index contributed by atoms with van der Waals surface area (Å²) in [6.07, 6.45) is 4.39. The third kappa shape index (κ3) is 5.17. The molecule has 1 atom stereocenters. The van der Waals surface area contributed by atoms with Gasteiger partial charge in [-0.25, -0.2) is 0 Å². The van der Waals surface area contributed by atoms with Gasteiger partial charge in [-0.3, -0.25) is 4.79 Å². The minimum atomic E-state index is -0.157. The van der Waals surface area contributed by atoms with E-state index >= 15 is 0 Å². The Hall–Kier alpha value is -2.45. The summed E-state index contributed by atoms with van der Waals surface area (Å²) in [6, 6.07) is 9.43. The van der Waals surface area contributed by atoms with Gasteiger partial charge in [0.2, 0.25) is 5.89 Å². The maximum Gasteiger partial charge on any atom is 0.260 e. The lowest BCUT2D eigenvalue weighted by atomic mass is 9.78. The van der Waals surface area contributed by atoms with Crippen LogP contribution in [0.3, 0.4) is 0 Å². The van der Waals surface area contributed by atoms with E-state index in [1.807, 2.05) is 35.2 Å². The second kappa shape index (κ2) is 9.57. The normalized spacial score (nSPS) is 21.0. The molecular weight excluding hydrogens is 386 g/mol. The number of carbonyl (C=O) groups is 1. The van der Waals surface area contributed by atoms with Gasteiger partial charge in [-0.1, -0.05) is 23.4 Å². The van der Waals surface area contributed by atoms with Crippen molar-refractivity contribution in [3.05, 3.63) is 42.0 Å². The van der Waals surface area contributed by atoms with E-state index in [0.717, 1.165) is 38.7 Å². The predicted octanol–water partition coefficient (Wildman–Crippen LogP) is 2.63. The molecule has 2 aliphatic heterocycles. The van der Waals surface area contributed by atoms with Gasteiger partial charge in [0, 0.05) is 33.2 Å². The second-order valence-electron chi connectivity index (χ2n) is 8.11. The van der Waals surface area contributed by atoms with Gasteiger partial charge < -0.3 is 23.6 Å². The zero-order valence-electron chi connectivity index (χ0n) is 17.4. The minimum Gasteiger partial charge on any atom is -0.484 e. The first-order valence-corrected chi connectivity index (χ1v) is 10.6.